The number of carbonyl (C=O) groups is 1. The minimum atomic E-state index is -0.0775. The van der Waals surface area contributed by atoms with Crippen molar-refractivity contribution in [2.75, 3.05) is 19.8 Å². The van der Waals surface area contributed by atoms with Crippen LogP contribution in [0.1, 0.15) is 40.9 Å². The lowest BCUT2D eigenvalue weighted by atomic mass is 10.2. The number of hydrogen-bond donors (Lipinski definition) is 2. The molecular weight excluding hydrogens is 274 g/mol. The van der Waals surface area contributed by atoms with Gasteiger partial charge in [-0.2, -0.15) is 0 Å². The van der Waals surface area contributed by atoms with Crippen molar-refractivity contribution in [2.45, 2.75) is 31.8 Å². The van der Waals surface area contributed by atoms with Crippen LogP contribution in [0.15, 0.2) is 11.4 Å². The van der Waals surface area contributed by atoms with Crippen LogP contribution >= 0.6 is 11.3 Å². The SMILES string of the molecule is O=C(NCCC1CCCO1)c1sccc1C#CCCO. The van der Waals surface area contributed by atoms with Crippen molar-refractivity contribution >= 4 is 17.2 Å². The minimum Gasteiger partial charge on any atom is -0.395 e. The van der Waals surface area contributed by atoms with E-state index in [1.54, 1.807) is 0 Å². The summed E-state index contributed by atoms with van der Waals surface area (Å²) < 4.78 is 5.52. The number of carbonyl (C=O) groups excluding carboxylic acids is 1. The number of thiophene rings is 1. The van der Waals surface area contributed by atoms with Gasteiger partial charge in [0.1, 0.15) is 4.88 Å². The summed E-state index contributed by atoms with van der Waals surface area (Å²) in [6.45, 7) is 1.51. The minimum absolute atomic E-state index is 0.0417. The van der Waals surface area contributed by atoms with Crippen molar-refractivity contribution in [3.8, 4) is 11.8 Å². The van der Waals surface area contributed by atoms with Gasteiger partial charge in [-0.25, -0.2) is 0 Å². The second-order valence-corrected chi connectivity index (χ2v) is 5.53. The Morgan fingerprint density at radius 2 is 2.50 bits per heavy atom. The molecule has 1 fully saturated rings. The fraction of sp³-hybridized carbons (Fsp3) is 0.533. The third-order valence-electron chi connectivity index (χ3n) is 3.11. The van der Waals surface area contributed by atoms with Crippen LogP contribution in [0.2, 0.25) is 0 Å². The van der Waals surface area contributed by atoms with E-state index in [9.17, 15) is 4.79 Å². The van der Waals surface area contributed by atoms with Gasteiger partial charge in [-0.1, -0.05) is 11.8 Å². The Kier molecular flexibility index (Phi) is 6.06. The van der Waals surface area contributed by atoms with Crippen molar-refractivity contribution < 1.29 is 14.6 Å². The van der Waals surface area contributed by atoms with Crippen LogP contribution in [0.25, 0.3) is 0 Å². The predicted molar refractivity (Wildman–Crippen MR) is 78.8 cm³/mol. The summed E-state index contributed by atoms with van der Waals surface area (Å²) in [5, 5.41) is 13.5. The van der Waals surface area contributed by atoms with E-state index in [2.05, 4.69) is 17.2 Å². The van der Waals surface area contributed by atoms with Gasteiger partial charge >= 0.3 is 0 Å². The Balaban J connectivity index is 1.83. The Morgan fingerprint density at radius 1 is 1.60 bits per heavy atom. The summed E-state index contributed by atoms with van der Waals surface area (Å²) in [5.41, 5.74) is 0.734. The number of ether oxygens (including phenoxy) is 1. The average Bonchev–Trinajstić information content (AvgIpc) is 3.10. The molecule has 2 rings (SSSR count). The molecule has 1 saturated heterocycles. The van der Waals surface area contributed by atoms with E-state index < -0.39 is 0 Å². The topological polar surface area (TPSA) is 58.6 Å². The van der Waals surface area contributed by atoms with Gasteiger partial charge in [0, 0.05) is 25.1 Å². The summed E-state index contributed by atoms with van der Waals surface area (Å²) in [6.07, 6.45) is 3.79. The molecule has 1 aliphatic rings. The van der Waals surface area contributed by atoms with Crippen molar-refractivity contribution in [1.82, 2.24) is 5.32 Å². The monoisotopic (exact) mass is 293 g/mol. The highest BCUT2D eigenvalue weighted by Crippen LogP contribution is 2.17. The molecule has 0 aromatic carbocycles. The summed E-state index contributed by atoms with van der Waals surface area (Å²) in [4.78, 5) is 12.7. The number of nitrogens with one attached hydrogen (secondary N) is 1. The van der Waals surface area contributed by atoms with Gasteiger partial charge in [0.2, 0.25) is 0 Å². The van der Waals surface area contributed by atoms with E-state index in [1.165, 1.54) is 11.3 Å². The quantitative estimate of drug-likeness (QED) is 0.814. The molecule has 0 spiro atoms. The molecule has 1 aliphatic heterocycles. The molecule has 0 aliphatic carbocycles. The maximum Gasteiger partial charge on any atom is 0.262 e. The zero-order valence-corrected chi connectivity index (χ0v) is 12.2. The zero-order valence-electron chi connectivity index (χ0n) is 11.4. The average molecular weight is 293 g/mol. The third kappa shape index (κ3) is 4.34. The smallest absolute Gasteiger partial charge is 0.262 e. The third-order valence-corrected chi connectivity index (χ3v) is 4.02. The maximum absolute atomic E-state index is 12.1. The van der Waals surface area contributed by atoms with Crippen molar-refractivity contribution in [2.24, 2.45) is 0 Å². The summed E-state index contributed by atoms with van der Waals surface area (Å²) in [5.74, 6) is 5.68. The van der Waals surface area contributed by atoms with Crippen LogP contribution in [0.4, 0.5) is 0 Å². The Morgan fingerprint density at radius 3 is 3.25 bits per heavy atom. The number of rotatable bonds is 5. The largest absolute Gasteiger partial charge is 0.395 e. The summed E-state index contributed by atoms with van der Waals surface area (Å²) >= 11 is 1.39. The van der Waals surface area contributed by atoms with E-state index in [0.717, 1.165) is 31.4 Å². The molecule has 1 unspecified atom stereocenters. The molecule has 4 nitrogen and oxygen atoms in total. The van der Waals surface area contributed by atoms with Crippen LogP contribution in [0.5, 0.6) is 0 Å². The van der Waals surface area contributed by atoms with Gasteiger partial charge in [-0.3, -0.25) is 4.79 Å². The zero-order chi connectivity index (χ0) is 14.2. The lowest BCUT2D eigenvalue weighted by Crippen LogP contribution is -2.26. The molecule has 2 heterocycles. The van der Waals surface area contributed by atoms with Crippen molar-refractivity contribution in [3.63, 3.8) is 0 Å². The summed E-state index contributed by atoms with van der Waals surface area (Å²) in [7, 11) is 0. The molecular formula is C15H19NO3S. The number of aliphatic hydroxyl groups excluding tert-OH is 1. The first kappa shape index (κ1) is 15.0. The first-order chi connectivity index (χ1) is 9.81. The van der Waals surface area contributed by atoms with Gasteiger partial charge in [0.15, 0.2) is 0 Å². The number of amides is 1. The maximum atomic E-state index is 12.1. The van der Waals surface area contributed by atoms with Crippen LogP contribution in [-0.2, 0) is 4.74 Å². The molecule has 0 saturated carbocycles. The van der Waals surface area contributed by atoms with Crippen LogP contribution < -0.4 is 5.32 Å². The van der Waals surface area contributed by atoms with E-state index in [4.69, 9.17) is 9.84 Å². The van der Waals surface area contributed by atoms with Crippen molar-refractivity contribution in [3.05, 3.63) is 21.9 Å². The van der Waals surface area contributed by atoms with E-state index >= 15 is 0 Å². The van der Waals surface area contributed by atoms with Gasteiger partial charge in [-0.05, 0) is 30.7 Å². The fourth-order valence-electron chi connectivity index (χ4n) is 2.10. The molecule has 2 N–H and O–H groups in total. The predicted octanol–water partition coefficient (Wildman–Crippen LogP) is 1.78. The molecule has 20 heavy (non-hydrogen) atoms. The summed E-state index contributed by atoms with van der Waals surface area (Å²) in [6, 6.07) is 1.84. The molecule has 1 atom stereocenters. The molecule has 108 valence electrons. The van der Waals surface area contributed by atoms with Crippen LogP contribution in [0, 0.1) is 11.8 Å². The first-order valence-electron chi connectivity index (χ1n) is 6.88. The van der Waals surface area contributed by atoms with Gasteiger partial charge in [-0.15, -0.1) is 11.3 Å². The standard InChI is InChI=1S/C15H19NO3S/c17-9-2-1-4-12-7-11-20-14(12)15(18)16-8-6-13-5-3-10-19-13/h7,11,13,17H,2-3,5-6,8-10H2,(H,16,18). The highest BCUT2D eigenvalue weighted by Gasteiger charge is 2.16. The Labute approximate surface area is 123 Å². The second kappa shape index (κ2) is 8.05. The second-order valence-electron chi connectivity index (χ2n) is 4.62. The van der Waals surface area contributed by atoms with Crippen LogP contribution in [-0.4, -0.2) is 36.9 Å². The van der Waals surface area contributed by atoms with E-state index in [1.807, 2.05) is 11.4 Å². The van der Waals surface area contributed by atoms with E-state index in [0.29, 0.717) is 23.9 Å². The molecule has 5 heteroatoms. The Hall–Kier alpha value is -1.35. The highest BCUT2D eigenvalue weighted by molar-refractivity contribution is 7.12. The highest BCUT2D eigenvalue weighted by atomic mass is 32.1. The molecule has 1 aromatic rings. The first-order valence-corrected chi connectivity index (χ1v) is 7.76. The molecule has 0 bridgehead atoms. The van der Waals surface area contributed by atoms with Gasteiger partial charge in [0.25, 0.3) is 5.91 Å². The Bertz CT molecular complexity index is 495. The van der Waals surface area contributed by atoms with Crippen molar-refractivity contribution in [1.29, 1.82) is 0 Å². The lowest BCUT2D eigenvalue weighted by Gasteiger charge is -2.09. The molecule has 1 amide bonds. The van der Waals surface area contributed by atoms with Gasteiger partial charge in [0.05, 0.1) is 12.7 Å². The van der Waals surface area contributed by atoms with Gasteiger partial charge < -0.3 is 15.2 Å². The van der Waals surface area contributed by atoms with Crippen LogP contribution in [0.3, 0.4) is 0 Å². The number of aliphatic hydroxyl groups is 1. The van der Waals surface area contributed by atoms with E-state index in [-0.39, 0.29) is 12.5 Å². The fourth-order valence-corrected chi connectivity index (χ4v) is 2.86. The molecule has 1 aromatic heterocycles. The lowest BCUT2D eigenvalue weighted by molar-refractivity contribution is 0.0910. The normalized spacial score (nSPS) is 17.6. The molecule has 0 radical (unpaired) electrons. The number of hydrogen-bond acceptors (Lipinski definition) is 4.